The van der Waals surface area contributed by atoms with Crippen molar-refractivity contribution in [3.05, 3.63) is 20.8 Å². The maximum absolute atomic E-state index is 11.9. The van der Waals surface area contributed by atoms with Crippen LogP contribution in [0.1, 0.15) is 32.6 Å². The van der Waals surface area contributed by atoms with Crippen molar-refractivity contribution >= 4 is 5.82 Å². The van der Waals surface area contributed by atoms with E-state index in [4.69, 9.17) is 0 Å². The fourth-order valence-corrected chi connectivity index (χ4v) is 2.79. The van der Waals surface area contributed by atoms with Crippen LogP contribution in [0.5, 0.6) is 0 Å². The number of hydrogen-bond acceptors (Lipinski definition) is 5. The van der Waals surface area contributed by atoms with Gasteiger partial charge >= 0.3 is 5.69 Å². The molecule has 7 heteroatoms. The molecule has 118 valence electrons. The molecule has 1 aliphatic heterocycles. The minimum absolute atomic E-state index is 0.242. The molecule has 1 unspecified atom stereocenters. The van der Waals surface area contributed by atoms with Crippen LogP contribution in [0.4, 0.5) is 5.82 Å². The Morgan fingerprint density at radius 3 is 2.76 bits per heavy atom. The molecule has 0 aromatic carbocycles. The van der Waals surface area contributed by atoms with Crippen molar-refractivity contribution < 1.29 is 0 Å². The van der Waals surface area contributed by atoms with Gasteiger partial charge < -0.3 is 10.2 Å². The predicted molar refractivity (Wildman–Crippen MR) is 82.7 cm³/mol. The summed E-state index contributed by atoms with van der Waals surface area (Å²) in [6, 6.07) is 0.655. The van der Waals surface area contributed by atoms with Crippen LogP contribution in [0, 0.1) is 0 Å². The van der Waals surface area contributed by atoms with Crippen LogP contribution in [0.2, 0.25) is 0 Å². The highest BCUT2D eigenvalue weighted by molar-refractivity contribution is 5.29. The van der Waals surface area contributed by atoms with Gasteiger partial charge in [0.2, 0.25) is 5.82 Å². The van der Waals surface area contributed by atoms with Crippen molar-refractivity contribution in [1.29, 1.82) is 0 Å². The Hall–Kier alpha value is -1.63. The van der Waals surface area contributed by atoms with Crippen LogP contribution in [0.25, 0.3) is 0 Å². The Balaban J connectivity index is 1.87. The van der Waals surface area contributed by atoms with Crippen molar-refractivity contribution in [3.8, 4) is 0 Å². The molecule has 1 atom stereocenters. The molecule has 0 amide bonds. The lowest BCUT2D eigenvalue weighted by atomic mass is 10.0. The summed E-state index contributed by atoms with van der Waals surface area (Å²) >= 11 is 0. The van der Waals surface area contributed by atoms with Gasteiger partial charge in [0.05, 0.1) is 0 Å². The summed E-state index contributed by atoms with van der Waals surface area (Å²) in [4.78, 5) is 25.9. The van der Waals surface area contributed by atoms with E-state index in [0.717, 1.165) is 17.5 Å². The molecule has 21 heavy (non-hydrogen) atoms. The van der Waals surface area contributed by atoms with E-state index in [1.807, 2.05) is 0 Å². The van der Waals surface area contributed by atoms with E-state index < -0.39 is 5.69 Å². The summed E-state index contributed by atoms with van der Waals surface area (Å²) in [5, 5.41) is 7.02. The number of nitrogens with zero attached hydrogens (tertiary/aromatic N) is 4. The van der Waals surface area contributed by atoms with Gasteiger partial charge in [-0.05, 0) is 32.7 Å². The fraction of sp³-hybridized carbons (Fsp3) is 0.786. The molecule has 1 N–H and O–H groups in total. The summed E-state index contributed by atoms with van der Waals surface area (Å²) < 4.78 is 2.25. The number of nitrogens with one attached hydrogen (secondary N) is 1. The predicted octanol–water partition coefficient (Wildman–Crippen LogP) is 0.155. The molecule has 0 bridgehead atoms. The third kappa shape index (κ3) is 3.72. The zero-order valence-electron chi connectivity index (χ0n) is 13.1. The van der Waals surface area contributed by atoms with Crippen LogP contribution in [-0.2, 0) is 14.1 Å². The molecule has 1 fully saturated rings. The molecule has 0 spiro atoms. The van der Waals surface area contributed by atoms with E-state index in [9.17, 15) is 9.59 Å². The zero-order chi connectivity index (χ0) is 15.4. The highest BCUT2D eigenvalue weighted by atomic mass is 16.2. The van der Waals surface area contributed by atoms with Crippen molar-refractivity contribution in [3.63, 3.8) is 0 Å². The normalized spacial score (nSPS) is 19.7. The van der Waals surface area contributed by atoms with Crippen LogP contribution >= 0.6 is 0 Å². The first-order valence-electron chi connectivity index (χ1n) is 7.63. The number of piperidine rings is 1. The molecular weight excluding hydrogens is 270 g/mol. The molecule has 2 rings (SSSR count). The molecular formula is C14H25N5O2. The Morgan fingerprint density at radius 1 is 1.29 bits per heavy atom. The minimum atomic E-state index is -0.410. The summed E-state index contributed by atoms with van der Waals surface area (Å²) in [7, 11) is 3.01. The van der Waals surface area contributed by atoms with Crippen LogP contribution < -0.4 is 16.6 Å². The van der Waals surface area contributed by atoms with Gasteiger partial charge in [0.25, 0.3) is 5.56 Å². The number of likely N-dealkylation sites (tertiary alicyclic amines) is 1. The number of aryl methyl sites for hydroxylation is 1. The lowest BCUT2D eigenvalue weighted by Crippen LogP contribution is -2.40. The first-order chi connectivity index (χ1) is 10.0. The van der Waals surface area contributed by atoms with Crippen molar-refractivity contribution in [2.45, 2.75) is 38.6 Å². The first-order valence-corrected chi connectivity index (χ1v) is 7.63. The van der Waals surface area contributed by atoms with Gasteiger partial charge in [-0.25, -0.2) is 9.48 Å². The number of hydrogen-bond donors (Lipinski definition) is 1. The van der Waals surface area contributed by atoms with Gasteiger partial charge in [-0.15, -0.1) is 5.10 Å². The molecule has 0 saturated carbocycles. The smallest absolute Gasteiger partial charge is 0.346 e. The van der Waals surface area contributed by atoms with Crippen LogP contribution in [0.15, 0.2) is 9.59 Å². The van der Waals surface area contributed by atoms with Gasteiger partial charge in [-0.3, -0.25) is 9.36 Å². The van der Waals surface area contributed by atoms with E-state index in [1.54, 1.807) is 7.05 Å². The van der Waals surface area contributed by atoms with E-state index in [-0.39, 0.29) is 11.4 Å². The molecule has 1 aromatic heterocycles. The lowest BCUT2D eigenvalue weighted by molar-refractivity contribution is 0.160. The molecule has 2 heterocycles. The number of aromatic nitrogens is 3. The third-order valence-electron chi connectivity index (χ3n) is 4.18. The monoisotopic (exact) mass is 295 g/mol. The molecule has 1 saturated heterocycles. The highest BCUT2D eigenvalue weighted by Gasteiger charge is 2.17. The maximum Gasteiger partial charge on any atom is 0.346 e. The van der Waals surface area contributed by atoms with E-state index >= 15 is 0 Å². The Morgan fingerprint density at radius 2 is 2.05 bits per heavy atom. The van der Waals surface area contributed by atoms with E-state index in [1.165, 1.54) is 37.5 Å². The maximum atomic E-state index is 11.9. The van der Waals surface area contributed by atoms with Crippen molar-refractivity contribution in [2.75, 3.05) is 25.0 Å². The van der Waals surface area contributed by atoms with Crippen LogP contribution in [-0.4, -0.2) is 44.9 Å². The Kier molecular flexibility index (Phi) is 5.17. The Bertz CT molecular complexity index is 592. The third-order valence-corrected chi connectivity index (χ3v) is 4.18. The van der Waals surface area contributed by atoms with Crippen molar-refractivity contribution in [1.82, 2.24) is 19.2 Å². The zero-order valence-corrected chi connectivity index (χ0v) is 13.1. The molecule has 7 nitrogen and oxygen atoms in total. The highest BCUT2D eigenvalue weighted by Crippen LogP contribution is 2.16. The molecule has 1 aliphatic rings. The summed E-state index contributed by atoms with van der Waals surface area (Å²) in [5.74, 6) is 0.242. The topological polar surface area (TPSA) is 72.2 Å². The van der Waals surface area contributed by atoms with Crippen LogP contribution in [0.3, 0.4) is 0 Å². The average molecular weight is 295 g/mol. The van der Waals surface area contributed by atoms with Gasteiger partial charge in [0.1, 0.15) is 0 Å². The molecule has 0 aliphatic carbocycles. The van der Waals surface area contributed by atoms with Crippen molar-refractivity contribution in [2.24, 2.45) is 14.1 Å². The number of anilines is 1. The average Bonchev–Trinajstić information content (AvgIpc) is 2.48. The number of rotatable bonds is 5. The summed E-state index contributed by atoms with van der Waals surface area (Å²) in [6.45, 7) is 5.15. The minimum Gasteiger partial charge on any atom is -0.364 e. The second-order valence-corrected chi connectivity index (χ2v) is 5.78. The molecule has 1 aromatic rings. The summed E-state index contributed by atoms with van der Waals surface area (Å²) in [5.41, 5.74) is -0.780. The van der Waals surface area contributed by atoms with E-state index in [0.29, 0.717) is 12.6 Å². The van der Waals surface area contributed by atoms with E-state index in [2.05, 4.69) is 22.2 Å². The Labute approximate surface area is 124 Å². The molecule has 0 radical (unpaired) electrons. The lowest BCUT2D eigenvalue weighted by Gasteiger charge is -2.33. The summed E-state index contributed by atoms with van der Waals surface area (Å²) in [6.07, 6.45) is 4.84. The SMILES string of the molecule is CC1CCCCN1CCCNc1nn(C)c(=O)n(C)c1=O. The second-order valence-electron chi connectivity index (χ2n) is 5.78. The first kappa shape index (κ1) is 15.8. The fourth-order valence-electron chi connectivity index (χ4n) is 2.79. The van der Waals surface area contributed by atoms with Gasteiger partial charge in [0.15, 0.2) is 0 Å². The largest absolute Gasteiger partial charge is 0.364 e. The quantitative estimate of drug-likeness (QED) is 0.783. The van der Waals surface area contributed by atoms with Gasteiger partial charge in [-0.1, -0.05) is 6.42 Å². The standard InChI is InChI=1S/C14H25N5O2/c1-11-7-4-5-9-19(11)10-6-8-15-12-13(20)17(2)14(21)18(3)16-12/h11H,4-10H2,1-3H3,(H,15,16). The van der Waals surface area contributed by atoms with Gasteiger partial charge in [0, 0.05) is 33.2 Å². The second kappa shape index (κ2) is 6.89. The van der Waals surface area contributed by atoms with Gasteiger partial charge in [-0.2, -0.15) is 0 Å².